The van der Waals surface area contributed by atoms with Crippen molar-refractivity contribution >= 4 is 5.82 Å². The van der Waals surface area contributed by atoms with Gasteiger partial charge < -0.3 is 10.3 Å². The summed E-state index contributed by atoms with van der Waals surface area (Å²) in [4.78, 5) is 4.83. The first-order valence-corrected chi connectivity index (χ1v) is 7.52. The van der Waals surface area contributed by atoms with Crippen molar-refractivity contribution in [1.82, 2.24) is 9.55 Å². The molecule has 3 nitrogen and oxygen atoms in total. The lowest BCUT2D eigenvalue weighted by molar-refractivity contribution is 0.345. The molecule has 0 unspecified atom stereocenters. The van der Waals surface area contributed by atoms with Crippen LogP contribution >= 0.6 is 0 Å². The molecule has 1 saturated carbocycles. The lowest BCUT2D eigenvalue weighted by Crippen LogP contribution is -2.13. The maximum absolute atomic E-state index is 6.33. The molecule has 0 amide bonds. The van der Waals surface area contributed by atoms with Crippen LogP contribution in [0.1, 0.15) is 70.3 Å². The minimum atomic E-state index is 0.601. The molecular weight excluding hydrogens is 222 g/mol. The van der Waals surface area contributed by atoms with Gasteiger partial charge in [-0.05, 0) is 25.2 Å². The van der Waals surface area contributed by atoms with Crippen molar-refractivity contribution in [3.05, 3.63) is 11.5 Å². The van der Waals surface area contributed by atoms with Crippen LogP contribution in [0.25, 0.3) is 0 Å². The first kappa shape index (κ1) is 13.4. The number of nitrogen functional groups attached to an aromatic ring is 1. The van der Waals surface area contributed by atoms with Crippen LogP contribution in [0.15, 0.2) is 0 Å². The molecule has 0 spiro atoms. The normalized spacial score (nSPS) is 24.4. The highest BCUT2D eigenvalue weighted by atomic mass is 15.1. The topological polar surface area (TPSA) is 43.8 Å². The molecule has 18 heavy (non-hydrogen) atoms. The van der Waals surface area contributed by atoms with E-state index >= 15 is 0 Å². The van der Waals surface area contributed by atoms with E-state index in [-0.39, 0.29) is 0 Å². The summed E-state index contributed by atoms with van der Waals surface area (Å²) < 4.78 is 2.23. The zero-order valence-corrected chi connectivity index (χ0v) is 12.1. The highest BCUT2D eigenvalue weighted by Gasteiger charge is 2.25. The number of anilines is 1. The van der Waals surface area contributed by atoms with Gasteiger partial charge in [-0.15, -0.1) is 0 Å². The van der Waals surface area contributed by atoms with E-state index in [0.717, 1.165) is 31.1 Å². The van der Waals surface area contributed by atoms with Crippen LogP contribution in [0.2, 0.25) is 0 Å². The van der Waals surface area contributed by atoms with Crippen LogP contribution in [0.5, 0.6) is 0 Å². The summed E-state index contributed by atoms with van der Waals surface area (Å²) in [6, 6.07) is 0. The molecular formula is C15H27N3. The summed E-state index contributed by atoms with van der Waals surface area (Å²) >= 11 is 0. The van der Waals surface area contributed by atoms with Crippen LogP contribution < -0.4 is 5.73 Å². The van der Waals surface area contributed by atoms with Gasteiger partial charge in [0.1, 0.15) is 11.6 Å². The number of hydrogen-bond acceptors (Lipinski definition) is 2. The molecule has 2 rings (SSSR count). The predicted octanol–water partition coefficient (Wildman–Crippen LogP) is 3.73. The van der Waals surface area contributed by atoms with Gasteiger partial charge in [0, 0.05) is 18.9 Å². The molecule has 2 N–H and O–H groups in total. The Bertz CT molecular complexity index is 387. The van der Waals surface area contributed by atoms with Crippen LogP contribution in [-0.2, 0) is 13.0 Å². The second-order valence-corrected chi connectivity index (χ2v) is 5.76. The second kappa shape index (κ2) is 5.77. The molecule has 0 aliphatic heterocycles. The SMILES string of the molecule is CCCn1c(CC)nc(C2CCC(C)CC2)c1N. The summed E-state index contributed by atoms with van der Waals surface area (Å²) in [5, 5.41) is 0. The third-order valence-electron chi connectivity index (χ3n) is 4.28. The lowest BCUT2D eigenvalue weighted by Gasteiger charge is -2.25. The van der Waals surface area contributed by atoms with Gasteiger partial charge in [-0.2, -0.15) is 0 Å². The van der Waals surface area contributed by atoms with Gasteiger partial charge in [-0.3, -0.25) is 0 Å². The van der Waals surface area contributed by atoms with Gasteiger partial charge in [0.2, 0.25) is 0 Å². The third kappa shape index (κ3) is 2.55. The van der Waals surface area contributed by atoms with E-state index in [4.69, 9.17) is 10.7 Å². The monoisotopic (exact) mass is 249 g/mol. The molecule has 1 aliphatic rings. The Morgan fingerprint density at radius 2 is 1.89 bits per heavy atom. The quantitative estimate of drug-likeness (QED) is 0.883. The van der Waals surface area contributed by atoms with E-state index in [0.29, 0.717) is 5.92 Å². The Morgan fingerprint density at radius 1 is 1.22 bits per heavy atom. The maximum Gasteiger partial charge on any atom is 0.127 e. The highest BCUT2D eigenvalue weighted by Crippen LogP contribution is 2.37. The molecule has 0 atom stereocenters. The largest absolute Gasteiger partial charge is 0.384 e. The first-order chi connectivity index (χ1) is 8.67. The van der Waals surface area contributed by atoms with E-state index in [9.17, 15) is 0 Å². The minimum absolute atomic E-state index is 0.601. The second-order valence-electron chi connectivity index (χ2n) is 5.76. The Labute approximate surface area is 111 Å². The molecule has 1 aliphatic carbocycles. The first-order valence-electron chi connectivity index (χ1n) is 7.52. The average molecular weight is 249 g/mol. The molecule has 1 fully saturated rings. The van der Waals surface area contributed by atoms with Crippen molar-refractivity contribution < 1.29 is 0 Å². The third-order valence-corrected chi connectivity index (χ3v) is 4.28. The fraction of sp³-hybridized carbons (Fsp3) is 0.800. The van der Waals surface area contributed by atoms with Gasteiger partial charge in [0.05, 0.1) is 5.69 Å². The summed E-state index contributed by atoms with van der Waals surface area (Å²) in [5.41, 5.74) is 7.52. The fourth-order valence-electron chi connectivity index (χ4n) is 3.11. The summed E-state index contributed by atoms with van der Waals surface area (Å²) in [6.07, 6.45) is 7.27. The molecule has 3 heteroatoms. The summed E-state index contributed by atoms with van der Waals surface area (Å²) in [7, 11) is 0. The molecule has 0 radical (unpaired) electrons. The summed E-state index contributed by atoms with van der Waals surface area (Å²) in [6.45, 7) is 7.72. The van der Waals surface area contributed by atoms with Gasteiger partial charge in [-0.1, -0.05) is 33.6 Å². The number of hydrogen-bond donors (Lipinski definition) is 1. The molecule has 1 heterocycles. The molecule has 102 valence electrons. The van der Waals surface area contributed by atoms with E-state index < -0.39 is 0 Å². The Morgan fingerprint density at radius 3 is 2.44 bits per heavy atom. The van der Waals surface area contributed by atoms with Crippen molar-refractivity contribution in [1.29, 1.82) is 0 Å². The van der Waals surface area contributed by atoms with Gasteiger partial charge in [-0.25, -0.2) is 4.98 Å². The van der Waals surface area contributed by atoms with Gasteiger partial charge >= 0.3 is 0 Å². The fourth-order valence-corrected chi connectivity index (χ4v) is 3.11. The lowest BCUT2D eigenvalue weighted by atomic mass is 9.81. The van der Waals surface area contributed by atoms with Crippen LogP contribution in [0.3, 0.4) is 0 Å². The van der Waals surface area contributed by atoms with Crippen molar-refractivity contribution in [3.63, 3.8) is 0 Å². The van der Waals surface area contributed by atoms with Gasteiger partial charge in [0.25, 0.3) is 0 Å². The van der Waals surface area contributed by atoms with E-state index in [1.54, 1.807) is 0 Å². The zero-order chi connectivity index (χ0) is 13.1. The van der Waals surface area contributed by atoms with Crippen molar-refractivity contribution in [2.75, 3.05) is 5.73 Å². The smallest absolute Gasteiger partial charge is 0.127 e. The van der Waals surface area contributed by atoms with E-state index in [1.807, 2.05) is 0 Å². The van der Waals surface area contributed by atoms with Gasteiger partial charge in [0.15, 0.2) is 0 Å². The number of aromatic nitrogens is 2. The molecule has 0 bridgehead atoms. The number of nitrogens with zero attached hydrogens (tertiary/aromatic N) is 2. The minimum Gasteiger partial charge on any atom is -0.384 e. The Hall–Kier alpha value is -0.990. The van der Waals surface area contributed by atoms with Crippen LogP contribution in [0.4, 0.5) is 5.82 Å². The maximum atomic E-state index is 6.33. The molecule has 0 aromatic carbocycles. The predicted molar refractivity (Wildman–Crippen MR) is 76.7 cm³/mol. The standard InChI is InChI=1S/C15H27N3/c1-4-10-18-13(5-2)17-14(15(18)16)12-8-6-11(3)7-9-12/h11-12H,4-10,16H2,1-3H3. The Kier molecular flexibility index (Phi) is 4.31. The Balaban J connectivity index is 2.22. The van der Waals surface area contributed by atoms with Crippen molar-refractivity contribution in [2.24, 2.45) is 5.92 Å². The van der Waals surface area contributed by atoms with E-state index in [2.05, 4.69) is 25.3 Å². The highest BCUT2D eigenvalue weighted by molar-refractivity contribution is 5.41. The van der Waals surface area contributed by atoms with Crippen LogP contribution in [0, 0.1) is 5.92 Å². The number of imidazole rings is 1. The molecule has 1 aromatic rings. The van der Waals surface area contributed by atoms with Crippen molar-refractivity contribution in [2.45, 2.75) is 71.8 Å². The zero-order valence-electron chi connectivity index (χ0n) is 12.1. The summed E-state index contributed by atoms with van der Waals surface area (Å²) in [5.74, 6) is 3.59. The van der Waals surface area contributed by atoms with Crippen molar-refractivity contribution in [3.8, 4) is 0 Å². The number of nitrogens with two attached hydrogens (primary N) is 1. The molecule has 0 saturated heterocycles. The number of aryl methyl sites for hydroxylation is 1. The van der Waals surface area contributed by atoms with Crippen LogP contribution in [-0.4, -0.2) is 9.55 Å². The number of rotatable bonds is 4. The average Bonchev–Trinajstić information content (AvgIpc) is 2.69. The van der Waals surface area contributed by atoms with E-state index in [1.165, 1.54) is 37.2 Å². The molecule has 1 aromatic heterocycles.